The Morgan fingerprint density at radius 3 is 2.64 bits per heavy atom. The summed E-state index contributed by atoms with van der Waals surface area (Å²) < 4.78 is 5.52. The lowest BCUT2D eigenvalue weighted by Crippen LogP contribution is -2.49. The van der Waals surface area contributed by atoms with E-state index in [1.807, 2.05) is 44.2 Å². The van der Waals surface area contributed by atoms with Crippen LogP contribution < -0.4 is 5.32 Å². The van der Waals surface area contributed by atoms with Crippen LogP contribution in [0.1, 0.15) is 46.5 Å². The first-order chi connectivity index (χ1) is 11.8. The number of nitrogens with one attached hydrogen (secondary N) is 1. The summed E-state index contributed by atoms with van der Waals surface area (Å²) in [7, 11) is 0. The maximum absolute atomic E-state index is 12.8. The maximum Gasteiger partial charge on any atom is 0.339 e. The van der Waals surface area contributed by atoms with Crippen LogP contribution in [0.15, 0.2) is 36.4 Å². The van der Waals surface area contributed by atoms with Crippen LogP contribution in [0, 0.1) is 13.8 Å². The molecule has 2 aromatic rings. The molecule has 0 aliphatic carbocycles. The van der Waals surface area contributed by atoms with Crippen molar-refractivity contribution in [1.29, 1.82) is 0 Å². The Labute approximate surface area is 148 Å². The molecule has 25 heavy (non-hydrogen) atoms. The van der Waals surface area contributed by atoms with E-state index >= 15 is 0 Å². The van der Waals surface area contributed by atoms with E-state index in [4.69, 9.17) is 4.74 Å². The molecule has 1 aliphatic heterocycles. The number of hydrogen-bond acceptors (Lipinski definition) is 3. The summed E-state index contributed by atoms with van der Waals surface area (Å²) in [5.41, 5.74) is 4.20. The summed E-state index contributed by atoms with van der Waals surface area (Å²) in [4.78, 5) is 25.2. The number of aryl methyl sites for hydroxylation is 3. The highest BCUT2D eigenvalue weighted by Gasteiger charge is 2.42. The second-order valence-electron chi connectivity index (χ2n) is 6.91. The topological polar surface area (TPSA) is 55.4 Å². The van der Waals surface area contributed by atoms with E-state index in [2.05, 4.69) is 12.2 Å². The number of rotatable bonds is 3. The van der Waals surface area contributed by atoms with Crippen molar-refractivity contribution in [1.82, 2.24) is 0 Å². The smallest absolute Gasteiger partial charge is 0.339 e. The maximum atomic E-state index is 12.8. The zero-order chi connectivity index (χ0) is 18.2. The second kappa shape index (κ2) is 6.36. The van der Waals surface area contributed by atoms with Crippen molar-refractivity contribution in [3.05, 3.63) is 64.2 Å². The Morgan fingerprint density at radius 2 is 1.96 bits per heavy atom. The summed E-state index contributed by atoms with van der Waals surface area (Å²) in [5, 5.41) is 2.91. The van der Waals surface area contributed by atoms with Crippen LogP contribution in [0.3, 0.4) is 0 Å². The molecule has 1 heterocycles. The third-order valence-electron chi connectivity index (χ3n) is 4.75. The molecule has 0 saturated heterocycles. The fourth-order valence-corrected chi connectivity index (χ4v) is 3.21. The van der Waals surface area contributed by atoms with Gasteiger partial charge in [-0.05, 0) is 56.0 Å². The Hall–Kier alpha value is -2.62. The molecule has 4 heteroatoms. The molecule has 0 aromatic heterocycles. The van der Waals surface area contributed by atoms with Gasteiger partial charge in [-0.3, -0.25) is 4.79 Å². The fourth-order valence-electron chi connectivity index (χ4n) is 3.21. The summed E-state index contributed by atoms with van der Waals surface area (Å²) in [6.07, 6.45) is 1.26. The lowest BCUT2D eigenvalue weighted by molar-refractivity contribution is -0.134. The van der Waals surface area contributed by atoms with Gasteiger partial charge in [0.1, 0.15) is 0 Å². The van der Waals surface area contributed by atoms with E-state index in [1.54, 1.807) is 13.0 Å². The van der Waals surface area contributed by atoms with Crippen molar-refractivity contribution in [2.75, 3.05) is 5.32 Å². The molecule has 2 aromatic carbocycles. The number of carbonyl (C=O) groups is 2. The Kier molecular flexibility index (Phi) is 4.38. The van der Waals surface area contributed by atoms with Gasteiger partial charge in [0.25, 0.3) is 5.91 Å². The molecule has 1 atom stereocenters. The van der Waals surface area contributed by atoms with E-state index in [9.17, 15) is 9.59 Å². The quantitative estimate of drug-likeness (QED) is 0.862. The third kappa shape index (κ3) is 3.29. The molecular formula is C21H23NO3. The van der Waals surface area contributed by atoms with E-state index in [0.29, 0.717) is 12.0 Å². The van der Waals surface area contributed by atoms with Gasteiger partial charge in [-0.25, -0.2) is 4.79 Å². The van der Waals surface area contributed by atoms with Crippen molar-refractivity contribution in [3.8, 4) is 0 Å². The van der Waals surface area contributed by atoms with Crippen LogP contribution in [-0.4, -0.2) is 17.5 Å². The van der Waals surface area contributed by atoms with E-state index < -0.39 is 11.6 Å². The average Bonchev–Trinajstić information content (AvgIpc) is 2.56. The normalized spacial score (nSPS) is 19.1. The van der Waals surface area contributed by atoms with Gasteiger partial charge in [0.15, 0.2) is 5.60 Å². The number of anilines is 1. The largest absolute Gasteiger partial charge is 0.445 e. The summed E-state index contributed by atoms with van der Waals surface area (Å²) in [5.74, 6) is -0.748. The van der Waals surface area contributed by atoms with Crippen LogP contribution in [0.5, 0.6) is 0 Å². The predicted octanol–water partition coefficient (Wildman–Crippen LogP) is 3.98. The molecule has 0 bridgehead atoms. The number of benzene rings is 2. The predicted molar refractivity (Wildman–Crippen MR) is 97.9 cm³/mol. The number of hydrogen-bond donors (Lipinski definition) is 1. The van der Waals surface area contributed by atoms with Crippen LogP contribution in [0.4, 0.5) is 5.69 Å². The van der Waals surface area contributed by atoms with Crippen LogP contribution in [-0.2, 0) is 22.4 Å². The molecule has 3 rings (SSSR count). The first kappa shape index (κ1) is 17.2. The molecule has 0 spiro atoms. The molecule has 0 radical (unpaired) electrons. The van der Waals surface area contributed by atoms with Crippen LogP contribution in [0.25, 0.3) is 0 Å². The van der Waals surface area contributed by atoms with Gasteiger partial charge in [0.2, 0.25) is 0 Å². The zero-order valence-corrected chi connectivity index (χ0v) is 15.1. The molecule has 1 amide bonds. The highest BCUT2D eigenvalue weighted by molar-refractivity contribution is 6.02. The van der Waals surface area contributed by atoms with Gasteiger partial charge in [-0.1, -0.05) is 36.8 Å². The molecule has 0 saturated carbocycles. The molecule has 130 valence electrons. The SMILES string of the molecule is CCc1ccc2c(c1)CC(C)(C(=O)Nc1ccc(C)cc1C)OC2=O. The first-order valence-corrected chi connectivity index (χ1v) is 8.56. The third-order valence-corrected chi connectivity index (χ3v) is 4.75. The van der Waals surface area contributed by atoms with Gasteiger partial charge >= 0.3 is 5.97 Å². The molecule has 1 aliphatic rings. The Morgan fingerprint density at radius 1 is 1.20 bits per heavy atom. The number of carbonyl (C=O) groups excluding carboxylic acids is 2. The van der Waals surface area contributed by atoms with Crippen molar-refractivity contribution in [2.45, 2.75) is 46.1 Å². The first-order valence-electron chi connectivity index (χ1n) is 8.56. The van der Waals surface area contributed by atoms with Crippen molar-refractivity contribution in [2.24, 2.45) is 0 Å². The minimum atomic E-state index is -1.21. The average molecular weight is 337 g/mol. The van der Waals surface area contributed by atoms with Crippen molar-refractivity contribution < 1.29 is 14.3 Å². The molecule has 4 nitrogen and oxygen atoms in total. The minimum Gasteiger partial charge on any atom is -0.445 e. The monoisotopic (exact) mass is 337 g/mol. The van der Waals surface area contributed by atoms with Gasteiger partial charge in [-0.15, -0.1) is 0 Å². The van der Waals surface area contributed by atoms with Crippen LogP contribution in [0.2, 0.25) is 0 Å². The molecule has 0 fully saturated rings. The van der Waals surface area contributed by atoms with Gasteiger partial charge in [0.05, 0.1) is 5.56 Å². The van der Waals surface area contributed by atoms with Gasteiger partial charge in [0, 0.05) is 12.1 Å². The van der Waals surface area contributed by atoms with Crippen molar-refractivity contribution >= 4 is 17.6 Å². The summed E-state index contributed by atoms with van der Waals surface area (Å²) in [6.45, 7) is 7.69. The number of amides is 1. The molecule has 1 N–H and O–H groups in total. The second-order valence-corrected chi connectivity index (χ2v) is 6.91. The minimum absolute atomic E-state index is 0.305. The van der Waals surface area contributed by atoms with E-state index in [0.717, 1.165) is 34.4 Å². The Bertz CT molecular complexity index is 856. The number of esters is 1. The van der Waals surface area contributed by atoms with E-state index in [-0.39, 0.29) is 5.91 Å². The molecule has 1 unspecified atom stereocenters. The van der Waals surface area contributed by atoms with Gasteiger partial charge in [-0.2, -0.15) is 0 Å². The Balaban J connectivity index is 1.88. The highest BCUT2D eigenvalue weighted by atomic mass is 16.6. The summed E-state index contributed by atoms with van der Waals surface area (Å²) in [6, 6.07) is 11.5. The number of cyclic esters (lactones) is 1. The van der Waals surface area contributed by atoms with E-state index in [1.165, 1.54) is 0 Å². The molecular weight excluding hydrogens is 314 g/mol. The standard InChI is InChI=1S/C21H23NO3/c1-5-15-7-8-17-16(11-15)12-21(4,25-19(17)23)20(24)22-18-9-6-13(2)10-14(18)3/h6-11H,5,12H2,1-4H3,(H,22,24). The van der Waals surface area contributed by atoms with Crippen LogP contribution >= 0.6 is 0 Å². The van der Waals surface area contributed by atoms with Crippen molar-refractivity contribution in [3.63, 3.8) is 0 Å². The zero-order valence-electron chi connectivity index (χ0n) is 15.1. The highest BCUT2D eigenvalue weighted by Crippen LogP contribution is 2.30. The lowest BCUT2D eigenvalue weighted by atomic mass is 9.88. The number of ether oxygens (including phenoxy) is 1. The summed E-state index contributed by atoms with van der Waals surface area (Å²) >= 11 is 0. The number of fused-ring (bicyclic) bond motifs is 1. The van der Waals surface area contributed by atoms with Gasteiger partial charge < -0.3 is 10.1 Å². The lowest BCUT2D eigenvalue weighted by Gasteiger charge is -2.33. The fraction of sp³-hybridized carbons (Fsp3) is 0.333.